The van der Waals surface area contributed by atoms with Gasteiger partial charge < -0.3 is 29.2 Å². The number of piperidine rings is 1. The summed E-state index contributed by atoms with van der Waals surface area (Å²) in [6.07, 6.45) is 3.24. The van der Waals surface area contributed by atoms with Crippen molar-refractivity contribution in [2.75, 3.05) is 50.7 Å². The van der Waals surface area contributed by atoms with E-state index in [1.165, 1.54) is 0 Å². The molecular weight excluding hydrogens is 348 g/mol. The molecule has 3 heterocycles. The van der Waals surface area contributed by atoms with E-state index in [2.05, 4.69) is 20.2 Å². The second-order valence-electron chi connectivity index (χ2n) is 6.55. The van der Waals surface area contributed by atoms with Crippen molar-refractivity contribution in [1.29, 1.82) is 0 Å². The Labute approximate surface area is 158 Å². The van der Waals surface area contributed by atoms with E-state index in [1.54, 1.807) is 20.5 Å². The lowest BCUT2D eigenvalue weighted by Gasteiger charge is -2.38. The number of anilines is 3. The fourth-order valence-electron chi connectivity index (χ4n) is 3.50. The van der Waals surface area contributed by atoms with Crippen LogP contribution in [0.3, 0.4) is 0 Å². The number of nitrogens with one attached hydrogen (secondary N) is 1. The molecule has 1 aromatic carbocycles. The van der Waals surface area contributed by atoms with Crippen LogP contribution < -0.4 is 19.7 Å². The SMILES string of the molecule is COc1ccc(OC)c(Nc2cc(N3CCC4(CC3)OCCO4)ncn2)c1. The molecule has 0 amide bonds. The topological polar surface area (TPSA) is 78.0 Å². The molecule has 1 aromatic heterocycles. The highest BCUT2D eigenvalue weighted by molar-refractivity contribution is 5.67. The molecule has 0 aliphatic carbocycles. The molecule has 144 valence electrons. The number of ether oxygens (including phenoxy) is 4. The van der Waals surface area contributed by atoms with Gasteiger partial charge in [-0.05, 0) is 12.1 Å². The van der Waals surface area contributed by atoms with Gasteiger partial charge in [-0.3, -0.25) is 0 Å². The molecule has 2 aromatic rings. The minimum Gasteiger partial charge on any atom is -0.497 e. The van der Waals surface area contributed by atoms with E-state index < -0.39 is 5.79 Å². The first-order chi connectivity index (χ1) is 13.2. The average molecular weight is 372 g/mol. The van der Waals surface area contributed by atoms with Gasteiger partial charge in [0.1, 0.15) is 29.5 Å². The predicted octanol–water partition coefficient (Wildman–Crippen LogP) is 2.58. The molecular formula is C19H24N4O4. The van der Waals surface area contributed by atoms with Gasteiger partial charge in [0.25, 0.3) is 0 Å². The maximum absolute atomic E-state index is 5.80. The average Bonchev–Trinajstić information content (AvgIpc) is 3.16. The first-order valence-corrected chi connectivity index (χ1v) is 9.05. The zero-order valence-corrected chi connectivity index (χ0v) is 15.6. The van der Waals surface area contributed by atoms with E-state index in [1.807, 2.05) is 24.3 Å². The van der Waals surface area contributed by atoms with Crippen LogP contribution in [0.15, 0.2) is 30.6 Å². The van der Waals surface area contributed by atoms with Gasteiger partial charge in [0.15, 0.2) is 5.79 Å². The van der Waals surface area contributed by atoms with Gasteiger partial charge in [0.05, 0.1) is 33.1 Å². The van der Waals surface area contributed by atoms with Crippen molar-refractivity contribution in [2.24, 2.45) is 0 Å². The molecule has 2 saturated heterocycles. The van der Waals surface area contributed by atoms with E-state index in [0.717, 1.165) is 43.2 Å². The summed E-state index contributed by atoms with van der Waals surface area (Å²) >= 11 is 0. The summed E-state index contributed by atoms with van der Waals surface area (Å²) in [6.45, 7) is 3.03. The monoisotopic (exact) mass is 372 g/mol. The fourth-order valence-corrected chi connectivity index (χ4v) is 3.50. The standard InChI is InChI=1S/C19H24N4O4/c1-24-14-3-4-16(25-2)15(11-14)22-17-12-18(21-13-20-17)23-7-5-19(6-8-23)26-9-10-27-19/h3-4,11-13H,5-10H2,1-2H3,(H,20,21,22). The van der Waals surface area contributed by atoms with Gasteiger partial charge >= 0.3 is 0 Å². The Morgan fingerprint density at radius 3 is 2.52 bits per heavy atom. The molecule has 8 nitrogen and oxygen atoms in total. The fraction of sp³-hybridized carbons (Fsp3) is 0.474. The van der Waals surface area contributed by atoms with Crippen molar-refractivity contribution < 1.29 is 18.9 Å². The van der Waals surface area contributed by atoms with Crippen LogP contribution in [0.1, 0.15) is 12.8 Å². The van der Waals surface area contributed by atoms with Crippen LogP contribution in [0.25, 0.3) is 0 Å². The zero-order chi connectivity index (χ0) is 18.7. The summed E-state index contributed by atoms with van der Waals surface area (Å²) in [7, 11) is 3.27. The largest absolute Gasteiger partial charge is 0.497 e. The van der Waals surface area contributed by atoms with Crippen molar-refractivity contribution >= 4 is 17.3 Å². The number of hydrogen-bond acceptors (Lipinski definition) is 8. The molecule has 0 saturated carbocycles. The highest BCUT2D eigenvalue weighted by Crippen LogP contribution is 2.34. The van der Waals surface area contributed by atoms with Crippen molar-refractivity contribution in [3.8, 4) is 11.5 Å². The summed E-state index contributed by atoms with van der Waals surface area (Å²) in [5.41, 5.74) is 0.784. The highest BCUT2D eigenvalue weighted by atomic mass is 16.7. The number of benzene rings is 1. The predicted molar refractivity (Wildman–Crippen MR) is 101 cm³/mol. The Kier molecular flexibility index (Phi) is 5.00. The van der Waals surface area contributed by atoms with Crippen LogP contribution >= 0.6 is 0 Å². The van der Waals surface area contributed by atoms with Crippen LogP contribution in [0, 0.1) is 0 Å². The zero-order valence-electron chi connectivity index (χ0n) is 15.6. The maximum Gasteiger partial charge on any atom is 0.171 e. The number of nitrogens with zero attached hydrogens (tertiary/aromatic N) is 3. The number of methoxy groups -OCH3 is 2. The Hall–Kier alpha value is -2.58. The van der Waals surface area contributed by atoms with Gasteiger partial charge in [-0.15, -0.1) is 0 Å². The highest BCUT2D eigenvalue weighted by Gasteiger charge is 2.40. The quantitative estimate of drug-likeness (QED) is 0.858. The van der Waals surface area contributed by atoms with Crippen LogP contribution in [-0.2, 0) is 9.47 Å². The normalized spacial score (nSPS) is 18.5. The molecule has 0 radical (unpaired) electrons. The third-order valence-corrected chi connectivity index (χ3v) is 4.98. The van der Waals surface area contributed by atoms with Gasteiger partial charge in [-0.25, -0.2) is 9.97 Å². The molecule has 0 unspecified atom stereocenters. The van der Waals surface area contributed by atoms with Crippen LogP contribution in [0.2, 0.25) is 0 Å². The van der Waals surface area contributed by atoms with E-state index in [0.29, 0.717) is 24.8 Å². The van der Waals surface area contributed by atoms with Gasteiger partial charge in [-0.2, -0.15) is 0 Å². The molecule has 4 rings (SSSR count). The van der Waals surface area contributed by atoms with Gasteiger partial charge in [0, 0.05) is 38.1 Å². The molecule has 1 N–H and O–H groups in total. The number of rotatable bonds is 5. The molecule has 0 atom stereocenters. The van der Waals surface area contributed by atoms with Gasteiger partial charge in [-0.1, -0.05) is 0 Å². The Morgan fingerprint density at radius 1 is 1.04 bits per heavy atom. The summed E-state index contributed by atoms with van der Waals surface area (Å²) in [6, 6.07) is 7.52. The summed E-state index contributed by atoms with van der Waals surface area (Å²) in [5, 5.41) is 3.29. The smallest absolute Gasteiger partial charge is 0.171 e. The molecule has 8 heteroatoms. The van der Waals surface area contributed by atoms with E-state index in [4.69, 9.17) is 18.9 Å². The lowest BCUT2D eigenvalue weighted by Crippen LogP contribution is -2.45. The summed E-state index contributed by atoms with van der Waals surface area (Å²) in [4.78, 5) is 11.0. The molecule has 0 bridgehead atoms. The second kappa shape index (κ2) is 7.58. The molecule has 1 spiro atoms. The minimum atomic E-state index is -0.390. The molecule has 2 fully saturated rings. The summed E-state index contributed by atoms with van der Waals surface area (Å²) in [5.74, 6) is 2.64. The maximum atomic E-state index is 5.80. The van der Waals surface area contributed by atoms with E-state index in [9.17, 15) is 0 Å². The van der Waals surface area contributed by atoms with Crippen LogP contribution in [0.5, 0.6) is 11.5 Å². The second-order valence-corrected chi connectivity index (χ2v) is 6.55. The minimum absolute atomic E-state index is 0.390. The van der Waals surface area contributed by atoms with Crippen LogP contribution in [0.4, 0.5) is 17.3 Å². The van der Waals surface area contributed by atoms with Crippen molar-refractivity contribution in [1.82, 2.24) is 9.97 Å². The third-order valence-electron chi connectivity index (χ3n) is 4.98. The van der Waals surface area contributed by atoms with Crippen LogP contribution in [-0.4, -0.2) is 56.3 Å². The molecule has 2 aliphatic rings. The molecule has 2 aliphatic heterocycles. The first kappa shape index (κ1) is 17.8. The third kappa shape index (κ3) is 3.77. The Balaban J connectivity index is 1.48. The van der Waals surface area contributed by atoms with E-state index in [-0.39, 0.29) is 0 Å². The number of hydrogen-bond donors (Lipinski definition) is 1. The van der Waals surface area contributed by atoms with Crippen molar-refractivity contribution in [3.63, 3.8) is 0 Å². The summed E-state index contributed by atoms with van der Waals surface area (Å²) < 4.78 is 22.3. The Bertz CT molecular complexity index is 785. The van der Waals surface area contributed by atoms with E-state index >= 15 is 0 Å². The van der Waals surface area contributed by atoms with Crippen molar-refractivity contribution in [2.45, 2.75) is 18.6 Å². The van der Waals surface area contributed by atoms with Crippen molar-refractivity contribution in [3.05, 3.63) is 30.6 Å². The first-order valence-electron chi connectivity index (χ1n) is 9.05. The molecule has 27 heavy (non-hydrogen) atoms. The van der Waals surface area contributed by atoms with Gasteiger partial charge in [0.2, 0.25) is 0 Å². The lowest BCUT2D eigenvalue weighted by molar-refractivity contribution is -0.169. The number of aromatic nitrogens is 2. The Morgan fingerprint density at radius 2 is 1.81 bits per heavy atom. The lowest BCUT2D eigenvalue weighted by atomic mass is 10.0.